The highest BCUT2D eigenvalue weighted by Crippen LogP contribution is 2.20. The average molecular weight is 315 g/mol. The van der Waals surface area contributed by atoms with Gasteiger partial charge in [0, 0.05) is 17.5 Å². The first-order valence-corrected chi connectivity index (χ1v) is 7.41. The summed E-state index contributed by atoms with van der Waals surface area (Å²) in [7, 11) is 0. The molecule has 6 heteroatoms. The van der Waals surface area contributed by atoms with E-state index in [-0.39, 0.29) is 17.5 Å². The quantitative estimate of drug-likeness (QED) is 0.787. The molecule has 0 aliphatic heterocycles. The van der Waals surface area contributed by atoms with Crippen molar-refractivity contribution in [2.24, 2.45) is 0 Å². The number of carbonyl (C=O) groups excluding carboxylic acids is 1. The molecule has 2 rings (SSSR count). The number of carboxylic acid groups (broad SMARTS) is 1. The van der Waals surface area contributed by atoms with E-state index >= 15 is 0 Å². The van der Waals surface area contributed by atoms with Gasteiger partial charge in [0.25, 0.3) is 5.91 Å². The number of hydrogen-bond donors (Lipinski definition) is 3. The van der Waals surface area contributed by atoms with Gasteiger partial charge in [0.1, 0.15) is 11.7 Å². The molecule has 3 N–H and O–H groups in total. The second kappa shape index (κ2) is 6.64. The lowest BCUT2D eigenvalue weighted by Gasteiger charge is -2.15. The van der Waals surface area contributed by atoms with Gasteiger partial charge in [-0.2, -0.15) is 5.10 Å². The third-order valence-corrected chi connectivity index (χ3v) is 3.50. The Balaban J connectivity index is 2.09. The Labute approximate surface area is 134 Å². The van der Waals surface area contributed by atoms with Gasteiger partial charge in [-0.15, -0.1) is 0 Å². The fraction of sp³-hybridized carbons (Fsp3) is 0.353. The summed E-state index contributed by atoms with van der Waals surface area (Å²) in [5.74, 6) is -1.58. The summed E-state index contributed by atoms with van der Waals surface area (Å²) in [6.07, 6.45) is 0.221. The van der Waals surface area contributed by atoms with Crippen LogP contribution in [0, 0.1) is 0 Å². The van der Waals surface area contributed by atoms with E-state index in [1.54, 1.807) is 6.07 Å². The van der Waals surface area contributed by atoms with Crippen LogP contribution in [0.2, 0.25) is 0 Å². The maximum absolute atomic E-state index is 12.2. The van der Waals surface area contributed by atoms with E-state index in [2.05, 4.69) is 15.5 Å². The van der Waals surface area contributed by atoms with E-state index in [1.165, 1.54) is 0 Å². The highest BCUT2D eigenvalue weighted by Gasteiger charge is 2.24. The summed E-state index contributed by atoms with van der Waals surface area (Å²) in [4.78, 5) is 23.6. The highest BCUT2D eigenvalue weighted by molar-refractivity contribution is 5.95. The predicted molar refractivity (Wildman–Crippen MR) is 86.3 cm³/mol. The molecule has 122 valence electrons. The first kappa shape index (κ1) is 16.7. The van der Waals surface area contributed by atoms with E-state index < -0.39 is 17.9 Å². The Hall–Kier alpha value is -2.63. The van der Waals surface area contributed by atoms with Crippen LogP contribution in [0.3, 0.4) is 0 Å². The molecule has 0 bridgehead atoms. The van der Waals surface area contributed by atoms with Crippen molar-refractivity contribution in [3.05, 3.63) is 53.3 Å². The summed E-state index contributed by atoms with van der Waals surface area (Å²) in [5.41, 5.74) is 1.69. The zero-order valence-corrected chi connectivity index (χ0v) is 13.5. The van der Waals surface area contributed by atoms with Crippen LogP contribution >= 0.6 is 0 Å². The van der Waals surface area contributed by atoms with E-state index in [4.69, 9.17) is 0 Å². The Bertz CT molecular complexity index is 687. The van der Waals surface area contributed by atoms with Crippen molar-refractivity contribution in [1.82, 2.24) is 15.5 Å². The number of hydrogen-bond acceptors (Lipinski definition) is 3. The lowest BCUT2D eigenvalue weighted by Crippen LogP contribution is -2.42. The Morgan fingerprint density at radius 2 is 1.91 bits per heavy atom. The molecule has 6 nitrogen and oxygen atoms in total. The average Bonchev–Trinajstić information content (AvgIpc) is 2.97. The summed E-state index contributed by atoms with van der Waals surface area (Å²) in [6.45, 7) is 5.99. The lowest BCUT2D eigenvalue weighted by molar-refractivity contribution is -0.139. The number of aromatic amines is 1. The van der Waals surface area contributed by atoms with Gasteiger partial charge in [0.2, 0.25) is 0 Å². The molecule has 2 aromatic rings. The molecule has 0 aliphatic rings. The van der Waals surface area contributed by atoms with Gasteiger partial charge >= 0.3 is 5.97 Å². The Morgan fingerprint density at radius 3 is 2.43 bits per heavy atom. The zero-order valence-electron chi connectivity index (χ0n) is 13.5. The summed E-state index contributed by atoms with van der Waals surface area (Å²) in [5, 5.41) is 18.6. The van der Waals surface area contributed by atoms with E-state index in [0.29, 0.717) is 0 Å². The van der Waals surface area contributed by atoms with E-state index in [0.717, 1.165) is 11.3 Å². The minimum Gasteiger partial charge on any atom is -0.480 e. The van der Waals surface area contributed by atoms with E-state index in [1.807, 2.05) is 51.1 Å². The number of aliphatic carboxylic acids is 1. The third-order valence-electron chi connectivity index (χ3n) is 3.50. The SMILES string of the molecule is CC(C)(C)c1cc(C(=O)NC(Cc2ccccc2)C(=O)O)n[nH]1. The number of carboxylic acids is 1. The summed E-state index contributed by atoms with van der Waals surface area (Å²) >= 11 is 0. The van der Waals surface area contributed by atoms with Crippen molar-refractivity contribution in [3.63, 3.8) is 0 Å². The van der Waals surface area contributed by atoms with Crippen LogP contribution in [0.4, 0.5) is 0 Å². The van der Waals surface area contributed by atoms with Crippen molar-refractivity contribution in [2.75, 3.05) is 0 Å². The number of H-pyrrole nitrogens is 1. The van der Waals surface area contributed by atoms with Crippen LogP contribution in [0.15, 0.2) is 36.4 Å². The molecule has 1 aromatic heterocycles. The predicted octanol–water partition coefficient (Wildman–Crippen LogP) is 2.13. The summed E-state index contributed by atoms with van der Waals surface area (Å²) < 4.78 is 0. The van der Waals surface area contributed by atoms with Gasteiger partial charge in [-0.25, -0.2) is 4.79 Å². The molecule has 1 atom stereocenters. The Kier molecular flexibility index (Phi) is 4.83. The number of carbonyl (C=O) groups is 2. The second-order valence-corrected chi connectivity index (χ2v) is 6.47. The number of nitrogens with zero attached hydrogens (tertiary/aromatic N) is 1. The lowest BCUT2D eigenvalue weighted by atomic mass is 9.92. The minimum absolute atomic E-state index is 0.165. The largest absolute Gasteiger partial charge is 0.480 e. The van der Waals surface area contributed by atoms with E-state index in [9.17, 15) is 14.7 Å². The molecule has 0 radical (unpaired) electrons. The molecule has 0 fully saturated rings. The minimum atomic E-state index is -1.08. The Morgan fingerprint density at radius 1 is 1.26 bits per heavy atom. The van der Waals surface area contributed by atoms with Gasteiger partial charge in [0.15, 0.2) is 0 Å². The van der Waals surface area contributed by atoms with Crippen LogP contribution in [0.25, 0.3) is 0 Å². The standard InChI is InChI=1S/C17H21N3O3/c1-17(2,3)14-10-12(19-20-14)15(21)18-13(16(22)23)9-11-7-5-4-6-8-11/h4-8,10,13H,9H2,1-3H3,(H,18,21)(H,19,20)(H,22,23). The molecule has 1 amide bonds. The van der Waals surface area contributed by atoms with Crippen molar-refractivity contribution < 1.29 is 14.7 Å². The molecule has 0 saturated carbocycles. The second-order valence-electron chi connectivity index (χ2n) is 6.47. The fourth-order valence-corrected chi connectivity index (χ4v) is 2.10. The summed E-state index contributed by atoms with van der Waals surface area (Å²) in [6, 6.07) is 9.83. The van der Waals surface area contributed by atoms with Gasteiger partial charge in [-0.3, -0.25) is 9.89 Å². The van der Waals surface area contributed by atoms with Crippen molar-refractivity contribution >= 4 is 11.9 Å². The topological polar surface area (TPSA) is 95.1 Å². The molecule has 0 saturated heterocycles. The third kappa shape index (κ3) is 4.42. The maximum Gasteiger partial charge on any atom is 0.326 e. The first-order chi connectivity index (χ1) is 10.8. The van der Waals surface area contributed by atoms with Crippen LogP contribution in [-0.2, 0) is 16.6 Å². The van der Waals surface area contributed by atoms with Gasteiger partial charge in [-0.1, -0.05) is 51.1 Å². The number of benzene rings is 1. The van der Waals surface area contributed by atoms with Crippen LogP contribution in [-0.4, -0.2) is 33.2 Å². The molecule has 0 spiro atoms. The molecular weight excluding hydrogens is 294 g/mol. The number of rotatable bonds is 5. The van der Waals surface area contributed by atoms with Crippen LogP contribution in [0.1, 0.15) is 42.5 Å². The maximum atomic E-state index is 12.2. The molecule has 23 heavy (non-hydrogen) atoms. The zero-order chi connectivity index (χ0) is 17.0. The first-order valence-electron chi connectivity index (χ1n) is 7.41. The molecule has 1 heterocycles. The number of nitrogens with one attached hydrogen (secondary N) is 2. The number of amides is 1. The van der Waals surface area contributed by atoms with Crippen LogP contribution in [0.5, 0.6) is 0 Å². The molecule has 1 aromatic carbocycles. The molecular formula is C17H21N3O3. The monoisotopic (exact) mass is 315 g/mol. The number of aromatic nitrogens is 2. The van der Waals surface area contributed by atoms with Gasteiger partial charge in [0.05, 0.1) is 0 Å². The normalized spacial score (nSPS) is 12.7. The fourth-order valence-electron chi connectivity index (χ4n) is 2.10. The van der Waals surface area contributed by atoms with Crippen molar-refractivity contribution in [2.45, 2.75) is 38.6 Å². The van der Waals surface area contributed by atoms with Gasteiger partial charge in [-0.05, 0) is 11.6 Å². The van der Waals surface area contributed by atoms with Crippen LogP contribution < -0.4 is 5.32 Å². The van der Waals surface area contributed by atoms with Crippen molar-refractivity contribution in [1.29, 1.82) is 0 Å². The van der Waals surface area contributed by atoms with Crippen molar-refractivity contribution in [3.8, 4) is 0 Å². The highest BCUT2D eigenvalue weighted by atomic mass is 16.4. The van der Waals surface area contributed by atoms with Gasteiger partial charge < -0.3 is 10.4 Å². The smallest absolute Gasteiger partial charge is 0.326 e. The molecule has 0 aliphatic carbocycles. The molecule has 1 unspecified atom stereocenters.